The van der Waals surface area contributed by atoms with E-state index in [1.165, 1.54) is 0 Å². The van der Waals surface area contributed by atoms with Crippen molar-refractivity contribution in [2.75, 3.05) is 19.8 Å². The molecule has 6 heteroatoms. The Morgan fingerprint density at radius 3 is 1.33 bits per heavy atom. The zero-order valence-corrected chi connectivity index (χ0v) is 11.6. The number of rotatable bonds is 6. The number of hydrogen-bond donors (Lipinski definition) is 0. The first-order chi connectivity index (χ1) is 5.18. The minimum atomic E-state index is -2.28. The van der Waals surface area contributed by atoms with Gasteiger partial charge in [-0.3, -0.25) is 0 Å². The van der Waals surface area contributed by atoms with Crippen LogP contribution in [0.2, 0.25) is 0 Å². The average Bonchev–Trinajstić information content (AvgIpc) is 1.88. The molecule has 1 radical (unpaired) electrons. The topological polar surface area (TPSA) is 27.7 Å². The van der Waals surface area contributed by atoms with Gasteiger partial charge in [0.25, 0.3) is 0 Å². The van der Waals surface area contributed by atoms with Gasteiger partial charge in [0.2, 0.25) is 0 Å². The quantitative estimate of drug-likeness (QED) is 0.416. The SMILES string of the molecule is CCO[PH](I)(OCC)OCC.[Cu]. The third kappa shape index (κ3) is 7.01. The minimum Gasteiger partial charge on any atom is 0 e. The standard InChI is InChI=1S/C6H16IO3P.Cu/c1-4-8-11(7,9-5-2)10-6-3;/h11H,4-6H2,1-3H3;. The molecule has 3 nitrogen and oxygen atoms in total. The molecule has 0 aromatic heterocycles. The molecule has 0 saturated heterocycles. The van der Waals surface area contributed by atoms with Crippen LogP contribution in [0.5, 0.6) is 0 Å². The molecule has 0 aliphatic rings. The summed E-state index contributed by atoms with van der Waals surface area (Å²) in [4.78, 5) is 0. The first kappa shape index (κ1) is 16.0. The normalized spacial score (nSPS) is 12.3. The first-order valence-electron chi connectivity index (χ1n) is 3.79. The van der Waals surface area contributed by atoms with Crippen LogP contribution in [0, 0.1) is 0 Å². The summed E-state index contributed by atoms with van der Waals surface area (Å²) >= 11 is 2.15. The Labute approximate surface area is 98.5 Å². The molecule has 0 rings (SSSR count). The van der Waals surface area contributed by atoms with Crippen molar-refractivity contribution in [3.05, 3.63) is 0 Å². The molecule has 0 aliphatic heterocycles. The van der Waals surface area contributed by atoms with Crippen LogP contribution in [0.3, 0.4) is 0 Å². The van der Waals surface area contributed by atoms with Crippen molar-refractivity contribution in [3.8, 4) is 0 Å². The van der Waals surface area contributed by atoms with Gasteiger partial charge in [-0.05, 0) is 0 Å². The van der Waals surface area contributed by atoms with E-state index >= 15 is 0 Å². The molecule has 0 aromatic rings. The zero-order chi connectivity index (χ0) is 8.74. The molecule has 0 saturated carbocycles. The first-order valence-corrected chi connectivity index (χ1v) is 8.63. The summed E-state index contributed by atoms with van der Waals surface area (Å²) in [6.45, 7) is 7.77. The smallest absolute Gasteiger partial charge is 0 e. The Balaban J connectivity index is 0. The predicted molar refractivity (Wildman–Crippen MR) is 57.2 cm³/mol. The molecule has 0 unspecified atom stereocenters. The molecular formula is C6H16CuIO3P. The van der Waals surface area contributed by atoms with Gasteiger partial charge in [0, 0.05) is 17.1 Å². The molecule has 0 aliphatic carbocycles. The van der Waals surface area contributed by atoms with Crippen molar-refractivity contribution < 1.29 is 30.6 Å². The maximum absolute atomic E-state index is 5.39. The fourth-order valence-corrected chi connectivity index (χ4v) is 4.73. The van der Waals surface area contributed by atoms with Crippen LogP contribution < -0.4 is 0 Å². The molecule has 0 bridgehead atoms. The van der Waals surface area contributed by atoms with Crippen LogP contribution in [-0.4, -0.2) is 19.8 Å². The average molecular weight is 358 g/mol. The van der Waals surface area contributed by atoms with E-state index in [9.17, 15) is 0 Å². The summed E-state index contributed by atoms with van der Waals surface area (Å²) in [5, 5.41) is 0. The largest absolute Gasteiger partial charge is 0 e. The van der Waals surface area contributed by atoms with Crippen molar-refractivity contribution in [2.45, 2.75) is 20.8 Å². The van der Waals surface area contributed by atoms with E-state index in [-0.39, 0.29) is 17.1 Å². The second kappa shape index (κ2) is 9.13. The van der Waals surface area contributed by atoms with Gasteiger partial charge >= 0.3 is 81.8 Å². The van der Waals surface area contributed by atoms with Crippen LogP contribution in [0.25, 0.3) is 0 Å². The van der Waals surface area contributed by atoms with E-state index in [0.717, 1.165) is 0 Å². The second-order valence-corrected chi connectivity index (χ2v) is 7.57. The van der Waals surface area contributed by atoms with E-state index < -0.39 is 5.59 Å². The molecule has 0 N–H and O–H groups in total. The Kier molecular flexibility index (Phi) is 12.2. The summed E-state index contributed by atoms with van der Waals surface area (Å²) < 4.78 is 16.2. The number of halogens is 1. The van der Waals surface area contributed by atoms with Gasteiger partial charge in [0.05, 0.1) is 0 Å². The molecule has 0 atom stereocenters. The molecular weight excluding hydrogens is 341 g/mol. The van der Waals surface area contributed by atoms with Gasteiger partial charge in [-0.2, -0.15) is 0 Å². The van der Waals surface area contributed by atoms with Crippen LogP contribution in [0.4, 0.5) is 0 Å². The van der Waals surface area contributed by atoms with Crippen LogP contribution in [0.15, 0.2) is 0 Å². The van der Waals surface area contributed by atoms with Crippen molar-refractivity contribution in [1.82, 2.24) is 0 Å². The van der Waals surface area contributed by atoms with Gasteiger partial charge in [0.1, 0.15) is 0 Å². The van der Waals surface area contributed by atoms with Crippen molar-refractivity contribution >= 4 is 27.6 Å². The summed E-state index contributed by atoms with van der Waals surface area (Å²) in [5.74, 6) is 0. The summed E-state index contributed by atoms with van der Waals surface area (Å²) in [6, 6.07) is 0. The molecule has 81 valence electrons. The minimum absolute atomic E-state index is 0. The van der Waals surface area contributed by atoms with Crippen LogP contribution >= 0.6 is 27.6 Å². The predicted octanol–water partition coefficient (Wildman–Crippen LogP) is 2.94. The Hall–Kier alpha value is 1.56. The summed E-state index contributed by atoms with van der Waals surface area (Å²) in [5.41, 5.74) is -2.28. The van der Waals surface area contributed by atoms with E-state index in [1.54, 1.807) is 0 Å². The van der Waals surface area contributed by atoms with E-state index in [4.69, 9.17) is 13.6 Å². The maximum Gasteiger partial charge on any atom is 0 e. The zero-order valence-electron chi connectivity index (χ0n) is 7.53. The monoisotopic (exact) mass is 357 g/mol. The second-order valence-electron chi connectivity index (χ2n) is 1.78. The van der Waals surface area contributed by atoms with E-state index in [0.29, 0.717) is 19.8 Å². The van der Waals surface area contributed by atoms with Crippen molar-refractivity contribution in [2.24, 2.45) is 0 Å². The van der Waals surface area contributed by atoms with Gasteiger partial charge in [-0.1, -0.05) is 0 Å². The molecule has 0 spiro atoms. The molecule has 0 fully saturated rings. The van der Waals surface area contributed by atoms with E-state index in [2.05, 4.69) is 22.0 Å². The van der Waals surface area contributed by atoms with Crippen LogP contribution in [0.1, 0.15) is 20.8 Å². The summed E-state index contributed by atoms with van der Waals surface area (Å²) in [7, 11) is 0. The van der Waals surface area contributed by atoms with Gasteiger partial charge in [-0.25, -0.2) is 0 Å². The Bertz CT molecular complexity index is 89.8. The maximum atomic E-state index is 5.39. The van der Waals surface area contributed by atoms with Gasteiger partial charge in [-0.15, -0.1) is 0 Å². The summed E-state index contributed by atoms with van der Waals surface area (Å²) in [6.07, 6.45) is 0. The van der Waals surface area contributed by atoms with E-state index in [1.807, 2.05) is 20.8 Å². The molecule has 0 heterocycles. The fourth-order valence-electron chi connectivity index (χ4n) is 0.642. The van der Waals surface area contributed by atoms with Gasteiger partial charge < -0.3 is 0 Å². The van der Waals surface area contributed by atoms with Crippen molar-refractivity contribution in [1.29, 1.82) is 0 Å². The number of hydrogen-bond acceptors (Lipinski definition) is 3. The molecule has 0 amide bonds. The van der Waals surface area contributed by atoms with Crippen LogP contribution in [-0.2, 0) is 30.6 Å². The third-order valence-corrected chi connectivity index (χ3v) is 5.65. The fraction of sp³-hybridized carbons (Fsp3) is 1.00. The molecule has 12 heavy (non-hydrogen) atoms. The third-order valence-electron chi connectivity index (χ3n) is 0.950. The van der Waals surface area contributed by atoms with Crippen molar-refractivity contribution in [3.63, 3.8) is 0 Å². The van der Waals surface area contributed by atoms with Gasteiger partial charge in [0.15, 0.2) is 0 Å². The molecule has 0 aromatic carbocycles. The Morgan fingerprint density at radius 1 is 0.917 bits per heavy atom. The Morgan fingerprint density at radius 2 is 1.17 bits per heavy atom.